The Morgan fingerprint density at radius 2 is 0.723 bits per heavy atom. The first kappa shape index (κ1) is 39.0. The standard InChI is InChI=1S/C62H54O2Si/c1-59(2)43-21-13-11-17-41(43)53-45(59)29-30-48-57(53)63-55-37(19-15-23-47(55)61(48,5)6)35-25-27-39-40-28-26-36(34-50(40)62(7,8)49(39)33-35)38-20-16-24-51-56(38)64-58-52(65(51,9)10)32-31-46-54(58)42-18-12-14-22-44(42)60(46,3)4/h11-34H,1-10H3. The normalized spacial score (nSPS) is 17.9. The molecule has 3 aliphatic carbocycles. The van der Waals surface area contributed by atoms with Crippen LogP contribution in [0.25, 0.3) is 55.6 Å². The smallest absolute Gasteiger partial charge is 0.139 e. The van der Waals surface area contributed by atoms with E-state index in [1.807, 2.05) is 0 Å². The topological polar surface area (TPSA) is 18.5 Å². The summed E-state index contributed by atoms with van der Waals surface area (Å²) in [6.45, 7) is 23.9. The van der Waals surface area contributed by atoms with Crippen LogP contribution in [0.3, 0.4) is 0 Å². The zero-order valence-corrected chi connectivity index (χ0v) is 40.2. The Labute approximate surface area is 385 Å². The van der Waals surface area contributed by atoms with Crippen LogP contribution in [0.4, 0.5) is 0 Å². The molecule has 318 valence electrons. The minimum atomic E-state index is -2.15. The number of ether oxygens (including phenoxy) is 2. The highest BCUT2D eigenvalue weighted by atomic mass is 28.3. The maximum absolute atomic E-state index is 7.35. The summed E-state index contributed by atoms with van der Waals surface area (Å²) in [5.41, 5.74) is 22.3. The number of hydrogen-bond acceptors (Lipinski definition) is 2. The Balaban J connectivity index is 0.901. The predicted octanol–water partition coefficient (Wildman–Crippen LogP) is 15.3. The molecule has 65 heavy (non-hydrogen) atoms. The van der Waals surface area contributed by atoms with E-state index in [4.69, 9.17) is 9.47 Å². The van der Waals surface area contributed by atoms with Crippen LogP contribution in [0.15, 0.2) is 146 Å². The van der Waals surface area contributed by atoms with Gasteiger partial charge in [0, 0.05) is 55.0 Å². The molecular formula is C62H54O2Si. The summed E-state index contributed by atoms with van der Waals surface area (Å²) in [4.78, 5) is 0. The van der Waals surface area contributed by atoms with Crippen LogP contribution in [-0.2, 0) is 21.7 Å². The monoisotopic (exact) mass is 858 g/mol. The molecule has 0 aromatic heterocycles. The zero-order valence-electron chi connectivity index (χ0n) is 39.2. The average Bonchev–Trinajstić information content (AvgIpc) is 3.78. The molecule has 13 rings (SSSR count). The maximum atomic E-state index is 7.35. The molecule has 8 aromatic rings. The summed E-state index contributed by atoms with van der Waals surface area (Å²) < 4.78 is 14.7. The fourth-order valence-corrected chi connectivity index (χ4v) is 15.8. The van der Waals surface area contributed by atoms with E-state index in [0.29, 0.717) is 0 Å². The lowest BCUT2D eigenvalue weighted by Crippen LogP contribution is -2.56. The third-order valence-electron chi connectivity index (χ3n) is 16.8. The van der Waals surface area contributed by atoms with E-state index in [9.17, 15) is 0 Å². The van der Waals surface area contributed by atoms with Crippen molar-refractivity contribution in [2.45, 2.75) is 90.1 Å². The van der Waals surface area contributed by atoms with Crippen molar-refractivity contribution < 1.29 is 9.47 Å². The second-order valence-corrected chi connectivity index (χ2v) is 26.4. The van der Waals surface area contributed by atoms with Crippen molar-refractivity contribution in [2.75, 3.05) is 0 Å². The second-order valence-electron chi connectivity index (χ2n) is 22.0. The number of para-hydroxylation sites is 2. The van der Waals surface area contributed by atoms with Gasteiger partial charge in [-0.15, -0.1) is 0 Å². The largest absolute Gasteiger partial charge is 0.456 e. The van der Waals surface area contributed by atoms with E-state index in [-0.39, 0.29) is 21.7 Å². The Hall–Kier alpha value is -6.42. The van der Waals surface area contributed by atoms with Gasteiger partial charge in [-0.2, -0.15) is 0 Å². The Bertz CT molecular complexity index is 3240. The van der Waals surface area contributed by atoms with Crippen molar-refractivity contribution in [3.63, 3.8) is 0 Å². The molecule has 0 spiro atoms. The van der Waals surface area contributed by atoms with E-state index < -0.39 is 8.07 Å². The van der Waals surface area contributed by atoms with E-state index >= 15 is 0 Å². The molecular weight excluding hydrogens is 805 g/mol. The molecule has 0 radical (unpaired) electrons. The van der Waals surface area contributed by atoms with Crippen LogP contribution in [0, 0.1) is 0 Å². The van der Waals surface area contributed by atoms with Crippen molar-refractivity contribution in [3.05, 3.63) is 190 Å². The molecule has 8 aromatic carbocycles. The summed E-state index contributed by atoms with van der Waals surface area (Å²) in [5, 5.41) is 2.74. The van der Waals surface area contributed by atoms with Gasteiger partial charge in [0.05, 0.1) is 0 Å². The quantitative estimate of drug-likeness (QED) is 0.161. The Kier molecular flexibility index (Phi) is 7.48. The minimum Gasteiger partial charge on any atom is -0.456 e. The lowest BCUT2D eigenvalue weighted by molar-refractivity contribution is 0.420. The number of fused-ring (bicyclic) bond motifs is 15. The van der Waals surface area contributed by atoms with Gasteiger partial charge >= 0.3 is 0 Å². The van der Waals surface area contributed by atoms with Gasteiger partial charge in [0.1, 0.15) is 31.1 Å². The molecule has 0 saturated carbocycles. The molecule has 5 aliphatic rings. The van der Waals surface area contributed by atoms with Crippen LogP contribution >= 0.6 is 0 Å². The molecule has 2 aliphatic heterocycles. The average molecular weight is 859 g/mol. The van der Waals surface area contributed by atoms with Crippen molar-refractivity contribution in [1.29, 1.82) is 0 Å². The first-order valence-corrected chi connectivity index (χ1v) is 26.5. The van der Waals surface area contributed by atoms with Crippen LogP contribution in [0.1, 0.15) is 99.9 Å². The summed E-state index contributed by atoms with van der Waals surface area (Å²) >= 11 is 0. The molecule has 0 bridgehead atoms. The van der Waals surface area contributed by atoms with Gasteiger partial charge in [-0.05, 0) is 89.3 Å². The highest BCUT2D eigenvalue weighted by molar-refractivity contribution is 7.02. The molecule has 0 N–H and O–H groups in total. The number of benzene rings is 8. The molecule has 3 heteroatoms. The maximum Gasteiger partial charge on any atom is 0.139 e. The zero-order chi connectivity index (χ0) is 44.7. The summed E-state index contributed by atoms with van der Waals surface area (Å²) in [7, 11) is -2.15. The van der Waals surface area contributed by atoms with E-state index in [1.54, 1.807) is 0 Å². The van der Waals surface area contributed by atoms with E-state index in [1.165, 1.54) is 105 Å². The molecule has 0 unspecified atom stereocenters. The summed E-state index contributed by atoms with van der Waals surface area (Å²) in [6.07, 6.45) is 0. The van der Waals surface area contributed by atoms with Crippen molar-refractivity contribution in [1.82, 2.24) is 0 Å². The van der Waals surface area contributed by atoms with E-state index in [0.717, 1.165) is 28.6 Å². The SMILES string of the molecule is CC1(C)c2cc(-c3cccc4c3Oc3c(ccc5c3-c3ccccc3C5(C)C)C4(C)C)ccc2-c2ccc(-c3cccc4c3Oc3c(ccc5c3-c3ccccc3C5(C)C)[Si]4(C)C)cc21. The van der Waals surface area contributed by atoms with Gasteiger partial charge < -0.3 is 9.47 Å². The fourth-order valence-electron chi connectivity index (χ4n) is 13.0. The van der Waals surface area contributed by atoms with Gasteiger partial charge in [0.2, 0.25) is 0 Å². The minimum absolute atomic E-state index is 0.0878. The third-order valence-corrected chi connectivity index (χ3v) is 20.3. The summed E-state index contributed by atoms with van der Waals surface area (Å²) in [5.74, 6) is 4.07. The van der Waals surface area contributed by atoms with Gasteiger partial charge in [0.15, 0.2) is 0 Å². The molecule has 0 saturated heterocycles. The number of hydrogen-bond donors (Lipinski definition) is 0. The molecule has 0 fully saturated rings. The summed E-state index contributed by atoms with van der Waals surface area (Å²) in [6, 6.07) is 55.1. The van der Waals surface area contributed by atoms with Crippen LogP contribution in [-0.4, -0.2) is 8.07 Å². The van der Waals surface area contributed by atoms with Crippen molar-refractivity contribution >= 4 is 18.4 Å². The van der Waals surface area contributed by atoms with Crippen molar-refractivity contribution in [3.8, 4) is 78.6 Å². The first-order chi connectivity index (χ1) is 31.0. The van der Waals surface area contributed by atoms with E-state index in [2.05, 4.69) is 214 Å². The van der Waals surface area contributed by atoms with Crippen LogP contribution in [0.5, 0.6) is 23.0 Å². The highest BCUT2D eigenvalue weighted by Crippen LogP contribution is 2.61. The molecule has 2 heterocycles. The molecule has 2 nitrogen and oxygen atoms in total. The van der Waals surface area contributed by atoms with Crippen LogP contribution < -0.4 is 19.8 Å². The third kappa shape index (κ3) is 4.85. The lowest BCUT2D eigenvalue weighted by atomic mass is 9.73. The van der Waals surface area contributed by atoms with Gasteiger partial charge in [-0.3, -0.25) is 0 Å². The fraction of sp³-hybridized carbons (Fsp3) is 0.226. The highest BCUT2D eigenvalue weighted by Gasteiger charge is 2.46. The first-order valence-electron chi connectivity index (χ1n) is 23.5. The van der Waals surface area contributed by atoms with Crippen LogP contribution in [0.2, 0.25) is 13.1 Å². The van der Waals surface area contributed by atoms with Crippen molar-refractivity contribution in [2.24, 2.45) is 0 Å². The Morgan fingerprint density at radius 3 is 1.34 bits per heavy atom. The molecule has 0 amide bonds. The lowest BCUT2D eigenvalue weighted by Gasteiger charge is -2.37. The number of rotatable bonds is 2. The Morgan fingerprint density at radius 1 is 0.308 bits per heavy atom. The van der Waals surface area contributed by atoms with Gasteiger partial charge in [0.25, 0.3) is 0 Å². The van der Waals surface area contributed by atoms with Gasteiger partial charge in [-0.25, -0.2) is 0 Å². The predicted molar refractivity (Wildman–Crippen MR) is 272 cm³/mol. The van der Waals surface area contributed by atoms with Gasteiger partial charge in [-0.1, -0.05) is 202 Å². The molecule has 0 atom stereocenters. The second kappa shape index (κ2) is 12.5.